The normalized spacial score (nSPS) is 11.5. The van der Waals surface area contributed by atoms with E-state index >= 15 is 0 Å². The van der Waals surface area contributed by atoms with Gasteiger partial charge in [0.2, 0.25) is 11.8 Å². The van der Waals surface area contributed by atoms with Gasteiger partial charge in [-0.1, -0.05) is 64.7 Å². The van der Waals surface area contributed by atoms with Gasteiger partial charge < -0.3 is 10.6 Å². The van der Waals surface area contributed by atoms with Crippen LogP contribution in [-0.2, 0) is 9.59 Å². The second kappa shape index (κ2) is 19.8. The van der Waals surface area contributed by atoms with Crippen molar-refractivity contribution in [3.05, 3.63) is 0 Å². The molecule has 0 aromatic heterocycles. The first-order valence-corrected chi connectivity index (χ1v) is 12.7. The first-order valence-electron chi connectivity index (χ1n) is 12.7. The van der Waals surface area contributed by atoms with E-state index in [-0.39, 0.29) is 11.8 Å². The fourth-order valence-corrected chi connectivity index (χ4v) is 3.86. The average Bonchev–Trinajstić information content (AvgIpc) is 2.68. The van der Waals surface area contributed by atoms with E-state index in [1.165, 1.54) is 57.8 Å². The van der Waals surface area contributed by atoms with Gasteiger partial charge in [-0.2, -0.15) is 0 Å². The molecular weight excluding hydrogens is 374 g/mol. The minimum absolute atomic E-state index is 0.0463. The number of carbonyl (C=O) groups is 2. The minimum Gasteiger partial charge on any atom is -0.356 e. The summed E-state index contributed by atoms with van der Waals surface area (Å²) in [6.07, 6.45) is 14.5. The van der Waals surface area contributed by atoms with Crippen LogP contribution in [0, 0.1) is 0 Å². The van der Waals surface area contributed by atoms with Crippen molar-refractivity contribution < 1.29 is 9.59 Å². The smallest absolute Gasteiger partial charge is 0.220 e. The first kappa shape index (κ1) is 28.9. The lowest BCUT2D eigenvalue weighted by Gasteiger charge is -2.30. The maximum Gasteiger partial charge on any atom is 0.220 e. The molecule has 0 aromatic rings. The molecule has 5 heteroatoms. The molecule has 0 aliphatic carbocycles. The van der Waals surface area contributed by atoms with Gasteiger partial charge in [0.05, 0.1) is 0 Å². The zero-order valence-electron chi connectivity index (χ0n) is 20.7. The summed E-state index contributed by atoms with van der Waals surface area (Å²) < 4.78 is 0. The fraction of sp³-hybridized carbons (Fsp3) is 0.920. The lowest BCUT2D eigenvalue weighted by molar-refractivity contribution is -0.122. The van der Waals surface area contributed by atoms with Gasteiger partial charge in [0, 0.05) is 44.6 Å². The number of hydrogen-bond acceptors (Lipinski definition) is 3. The van der Waals surface area contributed by atoms with Gasteiger partial charge in [-0.15, -0.1) is 0 Å². The summed E-state index contributed by atoms with van der Waals surface area (Å²) in [5, 5.41) is 5.96. The van der Waals surface area contributed by atoms with Crippen LogP contribution in [0.5, 0.6) is 0 Å². The van der Waals surface area contributed by atoms with Crippen LogP contribution in [0.2, 0.25) is 0 Å². The molecule has 30 heavy (non-hydrogen) atoms. The molecule has 0 saturated carbocycles. The highest BCUT2D eigenvalue weighted by Crippen LogP contribution is 2.10. The molecule has 0 saturated heterocycles. The SMILES string of the molecule is CCCCCCCCCCCCNC(=O)CCCC(=O)NCCN(C(C)C)C(C)C. The first-order chi connectivity index (χ1) is 14.4. The van der Waals surface area contributed by atoms with Crippen LogP contribution >= 0.6 is 0 Å². The molecule has 0 atom stereocenters. The molecule has 0 radical (unpaired) electrons. The van der Waals surface area contributed by atoms with E-state index in [1.807, 2.05) is 0 Å². The molecular formula is C25H51N3O2. The zero-order chi connectivity index (χ0) is 22.6. The van der Waals surface area contributed by atoms with Crippen LogP contribution in [0.1, 0.15) is 118 Å². The Kier molecular flexibility index (Phi) is 19.1. The Balaban J connectivity index is 3.51. The molecule has 178 valence electrons. The van der Waals surface area contributed by atoms with E-state index < -0.39 is 0 Å². The van der Waals surface area contributed by atoms with Crippen LogP contribution < -0.4 is 10.6 Å². The third-order valence-corrected chi connectivity index (χ3v) is 5.68. The number of amides is 2. The van der Waals surface area contributed by atoms with Gasteiger partial charge in [-0.25, -0.2) is 0 Å². The molecule has 5 nitrogen and oxygen atoms in total. The van der Waals surface area contributed by atoms with Crippen molar-refractivity contribution in [2.24, 2.45) is 0 Å². The van der Waals surface area contributed by atoms with E-state index in [9.17, 15) is 9.59 Å². The Bertz CT molecular complexity index is 417. The van der Waals surface area contributed by atoms with Crippen molar-refractivity contribution in [1.82, 2.24) is 15.5 Å². The highest BCUT2D eigenvalue weighted by molar-refractivity contribution is 5.78. The number of carbonyl (C=O) groups excluding carboxylic acids is 2. The maximum atomic E-state index is 11.9. The van der Waals surface area contributed by atoms with Gasteiger partial charge in [0.15, 0.2) is 0 Å². The van der Waals surface area contributed by atoms with Crippen LogP contribution in [0.3, 0.4) is 0 Å². The molecule has 0 rings (SSSR count). The van der Waals surface area contributed by atoms with Crippen LogP contribution in [0.25, 0.3) is 0 Å². The summed E-state index contributed by atoms with van der Waals surface area (Å²) in [6.45, 7) is 13.3. The lowest BCUT2D eigenvalue weighted by Crippen LogP contribution is -2.42. The van der Waals surface area contributed by atoms with Gasteiger partial charge in [0.25, 0.3) is 0 Å². The van der Waals surface area contributed by atoms with E-state index in [1.54, 1.807) is 0 Å². The van der Waals surface area contributed by atoms with Crippen LogP contribution in [0.15, 0.2) is 0 Å². The third-order valence-electron chi connectivity index (χ3n) is 5.68. The van der Waals surface area contributed by atoms with E-state index in [0.29, 0.717) is 37.9 Å². The van der Waals surface area contributed by atoms with Crippen LogP contribution in [-0.4, -0.2) is 48.4 Å². The van der Waals surface area contributed by atoms with Gasteiger partial charge in [-0.3, -0.25) is 14.5 Å². The second-order valence-corrected chi connectivity index (χ2v) is 9.16. The molecule has 2 N–H and O–H groups in total. The Morgan fingerprint density at radius 1 is 0.633 bits per heavy atom. The van der Waals surface area contributed by atoms with Crippen molar-refractivity contribution >= 4 is 11.8 Å². The lowest BCUT2D eigenvalue weighted by atomic mass is 10.1. The Morgan fingerprint density at radius 3 is 1.53 bits per heavy atom. The van der Waals surface area contributed by atoms with Gasteiger partial charge in [0.1, 0.15) is 0 Å². The summed E-state index contributed by atoms with van der Waals surface area (Å²) in [5.41, 5.74) is 0. The predicted molar refractivity (Wildman–Crippen MR) is 129 cm³/mol. The number of rotatable bonds is 20. The quantitative estimate of drug-likeness (QED) is 0.256. The number of nitrogens with zero attached hydrogens (tertiary/aromatic N) is 1. The third kappa shape index (κ3) is 17.7. The van der Waals surface area contributed by atoms with Crippen molar-refractivity contribution in [3.8, 4) is 0 Å². The summed E-state index contributed by atoms with van der Waals surface area (Å²) in [4.78, 5) is 26.2. The van der Waals surface area contributed by atoms with Crippen molar-refractivity contribution in [1.29, 1.82) is 0 Å². The largest absolute Gasteiger partial charge is 0.356 e. The fourth-order valence-electron chi connectivity index (χ4n) is 3.86. The monoisotopic (exact) mass is 425 g/mol. The van der Waals surface area contributed by atoms with Crippen molar-refractivity contribution in [2.45, 2.75) is 130 Å². The highest BCUT2D eigenvalue weighted by atomic mass is 16.2. The standard InChI is InChI=1S/C25H51N3O2/c1-6-7-8-9-10-11-12-13-14-15-19-26-24(29)17-16-18-25(30)27-20-21-28(22(2)3)23(4)5/h22-23H,6-21H2,1-5H3,(H,26,29)(H,27,30). The Hall–Kier alpha value is -1.10. The summed E-state index contributed by atoms with van der Waals surface area (Å²) in [5.74, 6) is 0.120. The van der Waals surface area contributed by atoms with E-state index in [2.05, 4.69) is 50.2 Å². The van der Waals surface area contributed by atoms with E-state index in [4.69, 9.17) is 0 Å². The second-order valence-electron chi connectivity index (χ2n) is 9.16. The summed E-state index contributed by atoms with van der Waals surface area (Å²) in [7, 11) is 0. The highest BCUT2D eigenvalue weighted by Gasteiger charge is 2.13. The predicted octanol–water partition coefficient (Wildman–Crippen LogP) is 5.43. The Labute approximate surface area is 187 Å². The molecule has 0 spiro atoms. The topological polar surface area (TPSA) is 61.4 Å². The summed E-state index contributed by atoms with van der Waals surface area (Å²) in [6, 6.07) is 0.947. The number of unbranched alkanes of at least 4 members (excludes halogenated alkanes) is 9. The molecule has 0 unspecified atom stereocenters. The molecule has 0 aliphatic heterocycles. The molecule has 0 fully saturated rings. The maximum absolute atomic E-state index is 11.9. The van der Waals surface area contributed by atoms with E-state index in [0.717, 1.165) is 19.5 Å². The molecule has 0 aromatic carbocycles. The van der Waals surface area contributed by atoms with Crippen molar-refractivity contribution in [3.63, 3.8) is 0 Å². The molecule has 0 heterocycles. The van der Waals surface area contributed by atoms with Gasteiger partial charge >= 0.3 is 0 Å². The molecule has 0 aliphatic rings. The van der Waals surface area contributed by atoms with Gasteiger partial charge in [-0.05, 0) is 40.5 Å². The molecule has 2 amide bonds. The Morgan fingerprint density at radius 2 is 1.07 bits per heavy atom. The zero-order valence-corrected chi connectivity index (χ0v) is 20.7. The number of hydrogen-bond donors (Lipinski definition) is 2. The molecule has 0 bridgehead atoms. The number of nitrogens with one attached hydrogen (secondary N) is 2. The summed E-state index contributed by atoms with van der Waals surface area (Å²) >= 11 is 0. The average molecular weight is 426 g/mol. The minimum atomic E-state index is 0.0463. The van der Waals surface area contributed by atoms with Crippen molar-refractivity contribution in [2.75, 3.05) is 19.6 Å². The van der Waals surface area contributed by atoms with Crippen LogP contribution in [0.4, 0.5) is 0 Å².